The first kappa shape index (κ1) is 14.2. The number of nitrogens with one attached hydrogen (secondary N) is 1. The van der Waals surface area contributed by atoms with Gasteiger partial charge in [-0.25, -0.2) is 4.79 Å². The lowest BCUT2D eigenvalue weighted by Gasteiger charge is -2.19. The Bertz CT molecular complexity index is 399. The van der Waals surface area contributed by atoms with Crippen molar-refractivity contribution in [1.82, 2.24) is 5.32 Å². The van der Waals surface area contributed by atoms with Crippen LogP contribution in [0.3, 0.4) is 0 Å². The fourth-order valence-electron chi connectivity index (χ4n) is 1.24. The summed E-state index contributed by atoms with van der Waals surface area (Å²) in [5, 5.41) is 2.61. The minimum absolute atomic E-state index is 0.364. The third-order valence-electron chi connectivity index (χ3n) is 1.90. The van der Waals surface area contributed by atoms with Crippen LogP contribution in [0, 0.1) is 0 Å². The zero-order valence-electron chi connectivity index (χ0n) is 11.0. The van der Waals surface area contributed by atoms with Gasteiger partial charge in [-0.15, -0.1) is 0 Å². The van der Waals surface area contributed by atoms with Crippen molar-refractivity contribution in [1.29, 1.82) is 0 Å². The summed E-state index contributed by atoms with van der Waals surface area (Å²) in [4.78, 5) is 11.3. The Labute approximate surface area is 107 Å². The van der Waals surface area contributed by atoms with Crippen molar-refractivity contribution in [3.8, 4) is 5.75 Å². The standard InChI is InChI=1S/C13H20N2O3/c1-13(2,3)18-12(16)15-7-8-17-11-6-4-5-10(14)9-11/h4-6,9H,7-8,14H2,1-3H3,(H,15,16). The second-order valence-electron chi connectivity index (χ2n) is 4.85. The fourth-order valence-corrected chi connectivity index (χ4v) is 1.24. The molecule has 5 heteroatoms. The van der Waals surface area contributed by atoms with Gasteiger partial charge >= 0.3 is 6.09 Å². The number of hydrogen-bond donors (Lipinski definition) is 2. The summed E-state index contributed by atoms with van der Waals surface area (Å²) in [7, 11) is 0. The summed E-state index contributed by atoms with van der Waals surface area (Å²) in [5.74, 6) is 0.681. The summed E-state index contributed by atoms with van der Waals surface area (Å²) in [6, 6.07) is 7.13. The average molecular weight is 252 g/mol. The molecule has 0 saturated heterocycles. The van der Waals surface area contributed by atoms with Gasteiger partial charge in [-0.2, -0.15) is 0 Å². The highest BCUT2D eigenvalue weighted by molar-refractivity contribution is 5.67. The predicted octanol–water partition coefficient (Wildman–Crippen LogP) is 2.17. The predicted molar refractivity (Wildman–Crippen MR) is 70.6 cm³/mol. The van der Waals surface area contributed by atoms with E-state index in [1.165, 1.54) is 0 Å². The summed E-state index contributed by atoms with van der Waals surface area (Å²) in [6.07, 6.45) is -0.446. The zero-order chi connectivity index (χ0) is 13.6. The molecule has 0 bridgehead atoms. The lowest BCUT2D eigenvalue weighted by Crippen LogP contribution is -2.34. The molecular weight excluding hydrogens is 232 g/mol. The quantitative estimate of drug-likeness (QED) is 0.636. The molecule has 0 radical (unpaired) electrons. The molecule has 1 rings (SSSR count). The highest BCUT2D eigenvalue weighted by Gasteiger charge is 2.15. The smallest absolute Gasteiger partial charge is 0.407 e. The van der Waals surface area contributed by atoms with Gasteiger partial charge in [0.2, 0.25) is 0 Å². The Morgan fingerprint density at radius 3 is 2.72 bits per heavy atom. The van der Waals surface area contributed by atoms with E-state index in [2.05, 4.69) is 5.32 Å². The van der Waals surface area contributed by atoms with E-state index in [1.54, 1.807) is 12.1 Å². The van der Waals surface area contributed by atoms with Crippen molar-refractivity contribution in [2.24, 2.45) is 0 Å². The Kier molecular flexibility index (Phi) is 4.83. The average Bonchev–Trinajstić information content (AvgIpc) is 2.22. The van der Waals surface area contributed by atoms with Crippen LogP contribution < -0.4 is 15.8 Å². The molecule has 0 unspecified atom stereocenters. The first-order valence-electron chi connectivity index (χ1n) is 5.82. The maximum Gasteiger partial charge on any atom is 0.407 e. The monoisotopic (exact) mass is 252 g/mol. The number of rotatable bonds is 4. The number of anilines is 1. The molecule has 0 fully saturated rings. The SMILES string of the molecule is CC(C)(C)OC(=O)NCCOc1cccc(N)c1. The number of nitrogens with two attached hydrogens (primary N) is 1. The maximum absolute atomic E-state index is 11.3. The Balaban J connectivity index is 2.21. The van der Waals surface area contributed by atoms with Gasteiger partial charge in [0.1, 0.15) is 18.0 Å². The molecule has 0 aromatic heterocycles. The van der Waals surface area contributed by atoms with Gasteiger partial charge in [0.25, 0.3) is 0 Å². The number of hydrogen-bond acceptors (Lipinski definition) is 4. The number of carbonyl (C=O) groups is 1. The Morgan fingerprint density at radius 2 is 2.11 bits per heavy atom. The van der Waals surface area contributed by atoms with E-state index < -0.39 is 11.7 Å². The van der Waals surface area contributed by atoms with Crippen LogP contribution in [0.25, 0.3) is 0 Å². The minimum Gasteiger partial charge on any atom is -0.492 e. The first-order chi connectivity index (χ1) is 8.37. The molecule has 0 atom stereocenters. The highest BCUT2D eigenvalue weighted by atomic mass is 16.6. The van der Waals surface area contributed by atoms with Gasteiger partial charge in [0.15, 0.2) is 0 Å². The van der Waals surface area contributed by atoms with Crippen LogP contribution in [0.1, 0.15) is 20.8 Å². The fraction of sp³-hybridized carbons (Fsp3) is 0.462. The van der Waals surface area contributed by atoms with Crippen LogP contribution in [0.15, 0.2) is 24.3 Å². The molecule has 0 aliphatic heterocycles. The third kappa shape index (κ3) is 5.98. The third-order valence-corrected chi connectivity index (χ3v) is 1.90. The van der Waals surface area contributed by atoms with Crippen LogP contribution in [0.2, 0.25) is 0 Å². The lowest BCUT2D eigenvalue weighted by atomic mass is 10.2. The molecule has 1 aromatic carbocycles. The van der Waals surface area contributed by atoms with E-state index >= 15 is 0 Å². The molecule has 0 saturated carbocycles. The van der Waals surface area contributed by atoms with Gasteiger partial charge in [-0.3, -0.25) is 0 Å². The zero-order valence-corrected chi connectivity index (χ0v) is 11.0. The second-order valence-corrected chi connectivity index (χ2v) is 4.85. The van der Waals surface area contributed by atoms with E-state index in [1.807, 2.05) is 32.9 Å². The van der Waals surface area contributed by atoms with Gasteiger partial charge in [-0.1, -0.05) is 6.07 Å². The molecule has 0 spiro atoms. The Morgan fingerprint density at radius 1 is 1.39 bits per heavy atom. The van der Waals surface area contributed by atoms with Crippen LogP contribution in [0.5, 0.6) is 5.75 Å². The Hall–Kier alpha value is -1.91. The summed E-state index contributed by atoms with van der Waals surface area (Å²) < 4.78 is 10.5. The molecule has 0 aliphatic rings. The molecule has 18 heavy (non-hydrogen) atoms. The van der Waals surface area contributed by atoms with Gasteiger partial charge in [-0.05, 0) is 32.9 Å². The molecular formula is C13H20N2O3. The van der Waals surface area contributed by atoms with Crippen molar-refractivity contribution < 1.29 is 14.3 Å². The van der Waals surface area contributed by atoms with Crippen LogP contribution in [-0.4, -0.2) is 24.8 Å². The topological polar surface area (TPSA) is 73.6 Å². The molecule has 1 aromatic rings. The van der Waals surface area contributed by atoms with Crippen molar-refractivity contribution in [2.45, 2.75) is 26.4 Å². The van der Waals surface area contributed by atoms with Crippen molar-refractivity contribution >= 4 is 11.8 Å². The van der Waals surface area contributed by atoms with Crippen LogP contribution >= 0.6 is 0 Å². The van der Waals surface area contributed by atoms with Gasteiger partial charge < -0.3 is 20.5 Å². The molecule has 5 nitrogen and oxygen atoms in total. The van der Waals surface area contributed by atoms with E-state index in [4.69, 9.17) is 15.2 Å². The van der Waals surface area contributed by atoms with Gasteiger partial charge in [0.05, 0.1) is 6.54 Å². The summed E-state index contributed by atoms with van der Waals surface area (Å²) in [5.41, 5.74) is 5.77. The minimum atomic E-state index is -0.487. The molecule has 0 heterocycles. The van der Waals surface area contributed by atoms with E-state index in [0.717, 1.165) is 0 Å². The largest absolute Gasteiger partial charge is 0.492 e. The molecule has 3 N–H and O–H groups in total. The summed E-state index contributed by atoms with van der Waals surface area (Å²) in [6.45, 7) is 6.19. The molecule has 0 aliphatic carbocycles. The van der Waals surface area contributed by atoms with Crippen LogP contribution in [0.4, 0.5) is 10.5 Å². The van der Waals surface area contributed by atoms with E-state index in [-0.39, 0.29) is 0 Å². The van der Waals surface area contributed by atoms with E-state index in [9.17, 15) is 4.79 Å². The number of ether oxygens (including phenoxy) is 2. The lowest BCUT2D eigenvalue weighted by molar-refractivity contribution is 0.0520. The number of amides is 1. The van der Waals surface area contributed by atoms with Crippen molar-refractivity contribution in [3.05, 3.63) is 24.3 Å². The van der Waals surface area contributed by atoms with Crippen molar-refractivity contribution in [2.75, 3.05) is 18.9 Å². The normalized spacial score (nSPS) is 10.8. The molecule has 1 amide bonds. The van der Waals surface area contributed by atoms with Crippen LogP contribution in [-0.2, 0) is 4.74 Å². The van der Waals surface area contributed by atoms with Crippen molar-refractivity contribution in [3.63, 3.8) is 0 Å². The van der Waals surface area contributed by atoms with Gasteiger partial charge in [0, 0.05) is 11.8 Å². The highest BCUT2D eigenvalue weighted by Crippen LogP contribution is 2.13. The number of alkyl carbamates (subject to hydrolysis) is 1. The first-order valence-corrected chi connectivity index (χ1v) is 5.82. The summed E-state index contributed by atoms with van der Waals surface area (Å²) >= 11 is 0. The van der Waals surface area contributed by atoms with E-state index in [0.29, 0.717) is 24.6 Å². The number of benzene rings is 1. The number of carbonyl (C=O) groups excluding carboxylic acids is 1. The number of nitrogen functional groups attached to an aromatic ring is 1. The maximum atomic E-state index is 11.3. The second kappa shape index (κ2) is 6.14. The molecule has 100 valence electrons.